The SMILES string of the molecule is CC(C)S(=O)(=O)Cc1cccc(NC(=O)NC[C@H]2CCO[C@@H]2C(C)(C)C)c1. The maximum Gasteiger partial charge on any atom is 0.319 e. The summed E-state index contributed by atoms with van der Waals surface area (Å²) in [6, 6.07) is 6.67. The molecular formula is C20H32N2O4S. The number of sulfone groups is 1. The summed E-state index contributed by atoms with van der Waals surface area (Å²) in [5, 5.41) is 5.27. The molecule has 7 heteroatoms. The number of hydrogen-bond acceptors (Lipinski definition) is 4. The van der Waals surface area contributed by atoms with Crippen LogP contribution in [0.25, 0.3) is 0 Å². The Morgan fingerprint density at radius 3 is 2.63 bits per heavy atom. The Bertz CT molecular complexity index is 753. The van der Waals surface area contributed by atoms with Crippen molar-refractivity contribution in [1.82, 2.24) is 5.32 Å². The topological polar surface area (TPSA) is 84.5 Å². The maximum absolute atomic E-state index is 12.2. The van der Waals surface area contributed by atoms with Gasteiger partial charge in [0.25, 0.3) is 0 Å². The number of urea groups is 1. The third-order valence-electron chi connectivity index (χ3n) is 4.86. The van der Waals surface area contributed by atoms with Gasteiger partial charge in [0.2, 0.25) is 0 Å². The molecule has 0 radical (unpaired) electrons. The van der Waals surface area contributed by atoms with Gasteiger partial charge in [0.05, 0.1) is 17.1 Å². The molecule has 1 aromatic rings. The van der Waals surface area contributed by atoms with Gasteiger partial charge < -0.3 is 15.4 Å². The molecule has 152 valence electrons. The van der Waals surface area contributed by atoms with E-state index >= 15 is 0 Å². The van der Waals surface area contributed by atoms with Crippen LogP contribution in [0.15, 0.2) is 24.3 Å². The smallest absolute Gasteiger partial charge is 0.319 e. The standard InChI is InChI=1S/C20H32N2O4S/c1-14(2)27(24,25)13-15-7-6-8-17(11-15)22-19(23)21-12-16-9-10-26-18(16)20(3,4)5/h6-8,11,14,16,18H,9-10,12-13H2,1-5H3,(H2,21,22,23)/t16-,18+/m1/s1. The maximum atomic E-state index is 12.2. The normalized spacial score (nSPS) is 20.7. The molecule has 1 aliphatic heterocycles. The Morgan fingerprint density at radius 2 is 2.00 bits per heavy atom. The number of anilines is 1. The van der Waals surface area contributed by atoms with Crippen LogP contribution < -0.4 is 10.6 Å². The third-order valence-corrected chi connectivity index (χ3v) is 7.04. The van der Waals surface area contributed by atoms with Crippen LogP contribution in [0, 0.1) is 11.3 Å². The van der Waals surface area contributed by atoms with E-state index in [9.17, 15) is 13.2 Å². The molecule has 0 spiro atoms. The summed E-state index contributed by atoms with van der Waals surface area (Å²) in [4.78, 5) is 12.2. The van der Waals surface area contributed by atoms with Gasteiger partial charge in [0.15, 0.2) is 9.84 Å². The summed E-state index contributed by atoms with van der Waals surface area (Å²) in [7, 11) is -3.18. The number of amides is 2. The quantitative estimate of drug-likeness (QED) is 0.770. The zero-order chi connectivity index (χ0) is 20.2. The predicted molar refractivity (Wildman–Crippen MR) is 109 cm³/mol. The Morgan fingerprint density at radius 1 is 1.30 bits per heavy atom. The largest absolute Gasteiger partial charge is 0.377 e. The van der Waals surface area contributed by atoms with Crippen molar-refractivity contribution in [1.29, 1.82) is 0 Å². The molecule has 2 N–H and O–H groups in total. The number of carbonyl (C=O) groups is 1. The predicted octanol–water partition coefficient (Wildman–Crippen LogP) is 3.58. The summed E-state index contributed by atoms with van der Waals surface area (Å²) in [6.07, 6.45) is 1.06. The fourth-order valence-electron chi connectivity index (χ4n) is 3.34. The molecule has 1 aliphatic rings. The number of ether oxygens (including phenoxy) is 1. The van der Waals surface area contributed by atoms with Gasteiger partial charge in [-0.2, -0.15) is 0 Å². The lowest BCUT2D eigenvalue weighted by atomic mass is 9.81. The van der Waals surface area contributed by atoms with Crippen LogP contribution >= 0.6 is 0 Å². The fraction of sp³-hybridized carbons (Fsp3) is 0.650. The zero-order valence-electron chi connectivity index (χ0n) is 16.9. The van der Waals surface area contributed by atoms with Crippen LogP contribution in [0.2, 0.25) is 0 Å². The van der Waals surface area contributed by atoms with E-state index in [-0.39, 0.29) is 23.3 Å². The number of rotatable bonds is 6. The van der Waals surface area contributed by atoms with Crippen molar-refractivity contribution in [3.8, 4) is 0 Å². The van der Waals surface area contributed by atoms with E-state index in [1.54, 1.807) is 38.1 Å². The van der Waals surface area contributed by atoms with Crippen LogP contribution in [-0.2, 0) is 20.3 Å². The van der Waals surface area contributed by atoms with Gasteiger partial charge in [-0.25, -0.2) is 13.2 Å². The number of hydrogen-bond donors (Lipinski definition) is 2. The number of nitrogens with one attached hydrogen (secondary N) is 2. The van der Waals surface area contributed by atoms with E-state index in [1.807, 2.05) is 0 Å². The van der Waals surface area contributed by atoms with Gasteiger partial charge in [-0.15, -0.1) is 0 Å². The first-order valence-electron chi connectivity index (χ1n) is 9.46. The highest BCUT2D eigenvalue weighted by Crippen LogP contribution is 2.34. The molecule has 0 saturated carbocycles. The first-order valence-corrected chi connectivity index (χ1v) is 11.2. The van der Waals surface area contributed by atoms with Crippen molar-refractivity contribution < 1.29 is 17.9 Å². The van der Waals surface area contributed by atoms with Gasteiger partial charge >= 0.3 is 6.03 Å². The van der Waals surface area contributed by atoms with Crippen LogP contribution in [0.4, 0.5) is 10.5 Å². The van der Waals surface area contributed by atoms with E-state index in [0.717, 1.165) is 13.0 Å². The number of carbonyl (C=O) groups excluding carboxylic acids is 1. The van der Waals surface area contributed by atoms with Crippen LogP contribution in [0.5, 0.6) is 0 Å². The fourth-order valence-corrected chi connectivity index (χ4v) is 4.31. The van der Waals surface area contributed by atoms with Gasteiger partial charge in [-0.05, 0) is 43.4 Å². The summed E-state index contributed by atoms with van der Waals surface area (Å²) < 4.78 is 30.0. The van der Waals surface area contributed by atoms with Crippen LogP contribution in [0.1, 0.15) is 46.6 Å². The van der Waals surface area contributed by atoms with Gasteiger partial charge in [0.1, 0.15) is 0 Å². The monoisotopic (exact) mass is 396 g/mol. The molecule has 2 rings (SSSR count). The first-order chi connectivity index (χ1) is 12.5. The molecule has 0 aliphatic carbocycles. The van der Waals surface area contributed by atoms with Crippen molar-refractivity contribution in [2.75, 3.05) is 18.5 Å². The second kappa shape index (κ2) is 8.61. The second-order valence-corrected chi connectivity index (χ2v) is 11.2. The Labute approximate surface area is 163 Å². The summed E-state index contributed by atoms with van der Waals surface area (Å²) >= 11 is 0. The zero-order valence-corrected chi connectivity index (χ0v) is 17.7. The minimum atomic E-state index is -3.18. The van der Waals surface area contributed by atoms with Crippen molar-refractivity contribution in [3.63, 3.8) is 0 Å². The summed E-state index contributed by atoms with van der Waals surface area (Å²) in [6.45, 7) is 11.1. The van der Waals surface area contributed by atoms with Gasteiger partial charge in [-0.3, -0.25) is 0 Å². The summed E-state index contributed by atoms with van der Waals surface area (Å²) in [5.74, 6) is 0.257. The third kappa shape index (κ3) is 6.21. The lowest BCUT2D eigenvalue weighted by molar-refractivity contribution is 0.00782. The Hall–Kier alpha value is -1.60. The average molecular weight is 397 g/mol. The molecule has 1 heterocycles. The molecule has 27 heavy (non-hydrogen) atoms. The molecule has 6 nitrogen and oxygen atoms in total. The molecule has 1 aromatic carbocycles. The van der Waals surface area contributed by atoms with Crippen molar-refractivity contribution in [3.05, 3.63) is 29.8 Å². The minimum Gasteiger partial charge on any atom is -0.377 e. The van der Waals surface area contributed by atoms with Crippen LogP contribution in [-0.4, -0.2) is 39.0 Å². The number of benzene rings is 1. The molecular weight excluding hydrogens is 364 g/mol. The Balaban J connectivity index is 1.92. The molecule has 0 unspecified atom stereocenters. The van der Waals surface area contributed by atoms with Crippen molar-refractivity contribution in [2.45, 2.75) is 58.1 Å². The van der Waals surface area contributed by atoms with E-state index in [4.69, 9.17) is 4.74 Å². The second-order valence-electron chi connectivity index (χ2n) is 8.60. The molecule has 1 fully saturated rings. The average Bonchev–Trinajstić information content (AvgIpc) is 3.01. The lowest BCUT2D eigenvalue weighted by Crippen LogP contribution is -2.40. The van der Waals surface area contributed by atoms with E-state index < -0.39 is 15.1 Å². The highest BCUT2D eigenvalue weighted by Gasteiger charge is 2.37. The lowest BCUT2D eigenvalue weighted by Gasteiger charge is -2.31. The molecule has 2 amide bonds. The first kappa shape index (κ1) is 21.7. The van der Waals surface area contributed by atoms with E-state index in [2.05, 4.69) is 31.4 Å². The molecule has 0 bridgehead atoms. The van der Waals surface area contributed by atoms with Gasteiger partial charge in [0, 0.05) is 24.8 Å². The minimum absolute atomic E-state index is 0.0333. The van der Waals surface area contributed by atoms with Crippen LogP contribution in [0.3, 0.4) is 0 Å². The molecule has 2 atom stereocenters. The molecule has 1 saturated heterocycles. The van der Waals surface area contributed by atoms with Gasteiger partial charge in [-0.1, -0.05) is 32.9 Å². The van der Waals surface area contributed by atoms with Crippen molar-refractivity contribution >= 4 is 21.6 Å². The molecule has 0 aromatic heterocycles. The highest BCUT2D eigenvalue weighted by atomic mass is 32.2. The highest BCUT2D eigenvalue weighted by molar-refractivity contribution is 7.91. The van der Waals surface area contributed by atoms with E-state index in [1.165, 1.54) is 0 Å². The van der Waals surface area contributed by atoms with E-state index in [0.29, 0.717) is 23.7 Å². The Kier molecular flexibility index (Phi) is 6.92. The summed E-state index contributed by atoms with van der Waals surface area (Å²) in [5.41, 5.74) is 1.28. The van der Waals surface area contributed by atoms with Crippen molar-refractivity contribution in [2.24, 2.45) is 11.3 Å².